The first-order valence-electron chi connectivity index (χ1n) is 9.08. The molecule has 0 bridgehead atoms. The predicted octanol–water partition coefficient (Wildman–Crippen LogP) is 6.58. The summed E-state index contributed by atoms with van der Waals surface area (Å²) in [5, 5.41) is 0.519. The van der Waals surface area contributed by atoms with Crippen LogP contribution in [0.4, 0.5) is 13.2 Å². The Morgan fingerprint density at radius 2 is 1.71 bits per heavy atom. The maximum absolute atomic E-state index is 13.5. The molecule has 1 aromatic heterocycles. The molecule has 0 unspecified atom stereocenters. The van der Waals surface area contributed by atoms with Crippen molar-refractivity contribution in [3.63, 3.8) is 0 Å². The average molecular weight is 481 g/mol. The van der Waals surface area contributed by atoms with Crippen molar-refractivity contribution in [2.24, 2.45) is 5.41 Å². The van der Waals surface area contributed by atoms with Gasteiger partial charge in [0, 0.05) is 39.5 Å². The summed E-state index contributed by atoms with van der Waals surface area (Å²) in [6.07, 6.45) is -2.58. The van der Waals surface area contributed by atoms with E-state index in [0.717, 1.165) is 5.52 Å². The second kappa shape index (κ2) is 7.85. The van der Waals surface area contributed by atoms with Crippen LogP contribution in [0.3, 0.4) is 0 Å². The Kier molecular flexibility index (Phi) is 6.61. The smallest absolute Gasteiger partial charge is 0.417 e. The zero-order chi connectivity index (χ0) is 21.7. The number of aromatic nitrogens is 1. The van der Waals surface area contributed by atoms with E-state index >= 15 is 0 Å². The van der Waals surface area contributed by atoms with Crippen molar-refractivity contribution in [3.8, 4) is 0 Å². The summed E-state index contributed by atoms with van der Waals surface area (Å²) in [7, 11) is 0. The number of nitrogens with one attached hydrogen (secondary N) is 1. The molecule has 0 saturated heterocycles. The van der Waals surface area contributed by atoms with E-state index in [-0.39, 0.29) is 15.9 Å². The molecule has 158 valence electrons. The minimum atomic E-state index is -4.46. The monoisotopic (exact) mass is 480 g/mol. The summed E-state index contributed by atoms with van der Waals surface area (Å²) in [4.78, 5) is 0. The molecule has 0 aliphatic carbocycles. The van der Waals surface area contributed by atoms with Gasteiger partial charge >= 0.3 is 6.18 Å². The van der Waals surface area contributed by atoms with E-state index in [1.54, 1.807) is 0 Å². The second-order valence-electron chi connectivity index (χ2n) is 9.34. The van der Waals surface area contributed by atoms with Gasteiger partial charge in [0.2, 0.25) is 0 Å². The molecule has 2 rings (SSSR count). The van der Waals surface area contributed by atoms with Crippen molar-refractivity contribution < 1.29 is 17.7 Å². The van der Waals surface area contributed by atoms with Crippen molar-refractivity contribution in [2.45, 2.75) is 72.0 Å². The standard InChI is InChI=1S/C20H28BrF3N2OS/c1-12(25-28(27)19(5,6)7)14-10-26(11-18(2,3)4)17-9-16(21)15(8-13(14)17)20(22,23)24/h8-10,12,25H,11H2,1-7H3/t12-,28+/m1/s1. The van der Waals surface area contributed by atoms with Gasteiger partial charge < -0.3 is 9.12 Å². The molecule has 0 aliphatic heterocycles. The summed E-state index contributed by atoms with van der Waals surface area (Å²) in [5.41, 5.74) is 0.664. The van der Waals surface area contributed by atoms with Gasteiger partial charge in [-0.25, -0.2) is 0 Å². The first-order valence-corrected chi connectivity index (χ1v) is 11.0. The van der Waals surface area contributed by atoms with Gasteiger partial charge in [0.05, 0.1) is 11.6 Å². The lowest BCUT2D eigenvalue weighted by atomic mass is 9.97. The molecule has 1 N–H and O–H groups in total. The average Bonchev–Trinajstić information content (AvgIpc) is 2.80. The quantitative estimate of drug-likeness (QED) is 0.501. The predicted molar refractivity (Wildman–Crippen MR) is 114 cm³/mol. The molecule has 0 radical (unpaired) electrons. The van der Waals surface area contributed by atoms with Gasteiger partial charge in [-0.2, -0.15) is 13.2 Å². The van der Waals surface area contributed by atoms with Gasteiger partial charge in [0.1, 0.15) is 4.75 Å². The van der Waals surface area contributed by atoms with Crippen molar-refractivity contribution >= 4 is 38.2 Å². The zero-order valence-electron chi connectivity index (χ0n) is 17.3. The van der Waals surface area contributed by atoms with Crippen molar-refractivity contribution in [2.75, 3.05) is 0 Å². The molecule has 0 amide bonds. The molecule has 28 heavy (non-hydrogen) atoms. The van der Waals surface area contributed by atoms with Gasteiger partial charge in [-0.1, -0.05) is 36.7 Å². The molecule has 0 fully saturated rings. The highest BCUT2D eigenvalue weighted by molar-refractivity contribution is 9.10. The van der Waals surface area contributed by atoms with Crippen LogP contribution in [-0.2, 0) is 24.1 Å². The molecular weight excluding hydrogens is 453 g/mol. The molecule has 2 atom stereocenters. The van der Waals surface area contributed by atoms with Crippen LogP contribution in [0.1, 0.15) is 65.6 Å². The van der Waals surface area contributed by atoms with Crippen LogP contribution in [0.5, 0.6) is 0 Å². The largest absolute Gasteiger partial charge is 0.598 e. The summed E-state index contributed by atoms with van der Waals surface area (Å²) >= 11 is 1.74. The summed E-state index contributed by atoms with van der Waals surface area (Å²) in [6.45, 7) is 14.3. The first kappa shape index (κ1) is 23.6. The topological polar surface area (TPSA) is 40.0 Å². The lowest BCUT2D eigenvalue weighted by Crippen LogP contribution is -2.40. The zero-order valence-corrected chi connectivity index (χ0v) is 19.7. The van der Waals surface area contributed by atoms with Gasteiger partial charge in [-0.3, -0.25) is 0 Å². The number of benzene rings is 1. The Labute approximate surface area is 176 Å². The number of halogens is 4. The van der Waals surface area contributed by atoms with E-state index in [0.29, 0.717) is 17.5 Å². The van der Waals surface area contributed by atoms with Crippen LogP contribution in [0.25, 0.3) is 10.9 Å². The fraction of sp³-hybridized carbons (Fsp3) is 0.600. The number of alkyl halides is 3. The number of rotatable bonds is 4. The van der Waals surface area contributed by atoms with Crippen molar-refractivity contribution in [3.05, 3.63) is 33.9 Å². The van der Waals surface area contributed by atoms with Gasteiger partial charge in [0.25, 0.3) is 0 Å². The molecule has 0 spiro atoms. The van der Waals surface area contributed by atoms with E-state index in [9.17, 15) is 17.7 Å². The molecule has 2 aromatic rings. The minimum Gasteiger partial charge on any atom is -0.598 e. The maximum atomic E-state index is 13.5. The molecule has 0 aliphatic rings. The molecular formula is C20H28BrF3N2OS. The molecule has 0 saturated carbocycles. The second-order valence-corrected chi connectivity index (χ2v) is 12.2. The Balaban J connectivity index is 2.63. The fourth-order valence-corrected chi connectivity index (χ4v) is 4.30. The van der Waals surface area contributed by atoms with E-state index in [4.69, 9.17) is 0 Å². The minimum absolute atomic E-state index is 0.0196. The summed E-state index contributed by atoms with van der Waals surface area (Å²) in [5.74, 6) is 0. The summed E-state index contributed by atoms with van der Waals surface area (Å²) < 4.78 is 57.4. The lowest BCUT2D eigenvalue weighted by molar-refractivity contribution is -0.138. The molecule has 3 nitrogen and oxygen atoms in total. The molecule has 1 heterocycles. The number of hydrogen-bond acceptors (Lipinski definition) is 2. The SMILES string of the molecule is C[C@@H](N[S@@+]([O-])C(C)(C)C)c1cn(CC(C)(C)C)c2cc(Br)c(C(F)(F)F)cc12. The normalized spacial score (nSPS) is 15.9. The third kappa shape index (κ3) is 5.46. The van der Waals surface area contributed by atoms with Crippen molar-refractivity contribution in [1.82, 2.24) is 9.29 Å². The Morgan fingerprint density at radius 3 is 2.18 bits per heavy atom. The third-order valence-corrected chi connectivity index (χ3v) is 6.59. The van der Waals surface area contributed by atoms with Crippen LogP contribution in [0.15, 0.2) is 22.8 Å². The fourth-order valence-electron chi connectivity index (χ4n) is 2.94. The Bertz CT molecular complexity index is 850. The highest BCUT2D eigenvalue weighted by Crippen LogP contribution is 2.40. The molecule has 1 aromatic carbocycles. The van der Waals surface area contributed by atoms with E-state index in [2.05, 4.69) is 41.4 Å². The van der Waals surface area contributed by atoms with Crippen LogP contribution < -0.4 is 4.72 Å². The Morgan fingerprint density at radius 1 is 1.14 bits per heavy atom. The van der Waals surface area contributed by atoms with Crippen LogP contribution in [-0.4, -0.2) is 13.9 Å². The lowest BCUT2D eigenvalue weighted by Gasteiger charge is -2.26. The van der Waals surface area contributed by atoms with E-state index in [1.807, 2.05) is 38.5 Å². The third-order valence-electron chi connectivity index (χ3n) is 4.26. The van der Waals surface area contributed by atoms with E-state index in [1.165, 1.54) is 12.1 Å². The first-order chi connectivity index (χ1) is 12.5. The highest BCUT2D eigenvalue weighted by Gasteiger charge is 2.35. The van der Waals surface area contributed by atoms with Gasteiger partial charge in [-0.15, -0.1) is 4.72 Å². The van der Waals surface area contributed by atoms with E-state index < -0.39 is 27.8 Å². The van der Waals surface area contributed by atoms with Crippen LogP contribution in [0, 0.1) is 5.41 Å². The number of nitrogens with zero attached hydrogens (tertiary/aromatic N) is 1. The Hall–Kier alpha value is -0.700. The van der Waals surface area contributed by atoms with Gasteiger partial charge in [0.15, 0.2) is 0 Å². The number of fused-ring (bicyclic) bond motifs is 1. The van der Waals surface area contributed by atoms with Crippen LogP contribution >= 0.6 is 15.9 Å². The highest BCUT2D eigenvalue weighted by atomic mass is 79.9. The summed E-state index contributed by atoms with van der Waals surface area (Å²) in [6, 6.07) is 2.35. The van der Waals surface area contributed by atoms with Crippen molar-refractivity contribution in [1.29, 1.82) is 0 Å². The van der Waals surface area contributed by atoms with Gasteiger partial charge in [-0.05, 0) is 50.8 Å². The maximum Gasteiger partial charge on any atom is 0.417 e. The van der Waals surface area contributed by atoms with Crippen LogP contribution in [0.2, 0.25) is 0 Å². The molecule has 8 heteroatoms. The number of hydrogen-bond donors (Lipinski definition) is 1.